The molecule has 0 bridgehead atoms. The Morgan fingerprint density at radius 1 is 0.944 bits per heavy atom. The second kappa shape index (κ2) is 9.76. The molecule has 0 spiro atoms. The van der Waals surface area contributed by atoms with Crippen LogP contribution in [0, 0.1) is 17.8 Å². The Morgan fingerprint density at radius 2 is 1.56 bits per heavy atom. The van der Waals surface area contributed by atoms with E-state index in [4.69, 9.17) is 14.2 Å². The Bertz CT molecular complexity index is 194. The smallest absolute Gasteiger partial charge is 0.0671 e. The first kappa shape index (κ1) is 17.9. The summed E-state index contributed by atoms with van der Waals surface area (Å²) < 4.78 is 16.7. The Hall–Kier alpha value is -0.120. The summed E-state index contributed by atoms with van der Waals surface area (Å²) in [4.78, 5) is 0. The van der Waals surface area contributed by atoms with E-state index in [0.29, 0.717) is 17.8 Å². The fraction of sp³-hybridized carbons (Fsp3) is 1.00. The summed E-state index contributed by atoms with van der Waals surface area (Å²) in [5.74, 6) is 1.44. The zero-order chi connectivity index (χ0) is 14.1. The molecule has 110 valence electrons. The van der Waals surface area contributed by atoms with Gasteiger partial charge in [-0.15, -0.1) is 0 Å². The van der Waals surface area contributed by atoms with Gasteiger partial charge < -0.3 is 14.2 Å². The predicted molar refractivity (Wildman–Crippen MR) is 75.9 cm³/mol. The summed E-state index contributed by atoms with van der Waals surface area (Å²) in [6, 6.07) is 0. The van der Waals surface area contributed by atoms with Crippen LogP contribution in [0.5, 0.6) is 0 Å². The van der Waals surface area contributed by atoms with Crippen LogP contribution < -0.4 is 0 Å². The van der Waals surface area contributed by atoms with Gasteiger partial charge in [0.2, 0.25) is 0 Å². The van der Waals surface area contributed by atoms with Crippen LogP contribution in [0.4, 0.5) is 0 Å². The van der Waals surface area contributed by atoms with E-state index < -0.39 is 0 Å². The lowest BCUT2D eigenvalue weighted by Crippen LogP contribution is -2.39. The van der Waals surface area contributed by atoms with Gasteiger partial charge in [0.05, 0.1) is 18.8 Å². The highest BCUT2D eigenvalue weighted by molar-refractivity contribution is 4.80. The summed E-state index contributed by atoms with van der Waals surface area (Å²) in [6.45, 7) is 9.62. The lowest BCUT2D eigenvalue weighted by Gasteiger charge is -2.34. The summed E-state index contributed by atoms with van der Waals surface area (Å²) >= 11 is 0. The Morgan fingerprint density at radius 3 is 1.89 bits per heavy atom. The second-order valence-corrected chi connectivity index (χ2v) is 5.59. The van der Waals surface area contributed by atoms with Crippen molar-refractivity contribution in [1.82, 2.24) is 0 Å². The topological polar surface area (TPSA) is 27.7 Å². The van der Waals surface area contributed by atoms with Gasteiger partial charge in [-0.3, -0.25) is 0 Å². The molecule has 0 saturated heterocycles. The molecule has 0 rings (SSSR count). The summed E-state index contributed by atoms with van der Waals surface area (Å²) in [5, 5.41) is 0. The van der Waals surface area contributed by atoms with Crippen LogP contribution in [0.1, 0.15) is 40.5 Å². The largest absolute Gasteiger partial charge is 0.384 e. The van der Waals surface area contributed by atoms with Crippen molar-refractivity contribution in [3.8, 4) is 0 Å². The van der Waals surface area contributed by atoms with Gasteiger partial charge in [0.25, 0.3) is 0 Å². The number of hydrogen-bond acceptors (Lipinski definition) is 3. The van der Waals surface area contributed by atoms with Gasteiger partial charge in [-0.05, 0) is 18.8 Å². The van der Waals surface area contributed by atoms with E-state index in [1.54, 1.807) is 21.3 Å². The van der Waals surface area contributed by atoms with Gasteiger partial charge in [-0.2, -0.15) is 0 Å². The Balaban J connectivity index is 4.67. The van der Waals surface area contributed by atoms with Crippen LogP contribution in [0.2, 0.25) is 0 Å². The summed E-state index contributed by atoms with van der Waals surface area (Å²) in [6.07, 6.45) is 2.58. The molecular formula is C15H32O3. The molecule has 0 aromatic heterocycles. The van der Waals surface area contributed by atoms with E-state index in [1.165, 1.54) is 0 Å². The van der Waals surface area contributed by atoms with Crippen LogP contribution in [-0.4, -0.2) is 40.1 Å². The monoisotopic (exact) mass is 260 g/mol. The molecule has 0 N–H and O–H groups in total. The lowest BCUT2D eigenvalue weighted by atomic mass is 9.84. The van der Waals surface area contributed by atoms with Gasteiger partial charge in [0.15, 0.2) is 0 Å². The predicted octanol–water partition coefficient (Wildman–Crippen LogP) is 3.37. The highest BCUT2D eigenvalue weighted by Gasteiger charge is 2.31. The zero-order valence-electron chi connectivity index (χ0n) is 13.2. The molecule has 0 saturated carbocycles. The molecule has 0 aliphatic rings. The fourth-order valence-corrected chi connectivity index (χ4v) is 2.70. The van der Waals surface area contributed by atoms with Crippen molar-refractivity contribution < 1.29 is 14.2 Å². The molecule has 4 atom stereocenters. The number of ether oxygens (including phenoxy) is 3. The molecule has 3 nitrogen and oxygen atoms in total. The number of hydrogen-bond donors (Lipinski definition) is 0. The molecule has 3 heteroatoms. The zero-order valence-corrected chi connectivity index (χ0v) is 13.2. The standard InChI is InChI=1S/C15H32O3/c1-8-13(10-16-5)15(18-7)12(4)14(17-6)9-11(2)3/h11-15H,8-10H2,1-7H3. The van der Waals surface area contributed by atoms with E-state index in [9.17, 15) is 0 Å². The average Bonchev–Trinajstić information content (AvgIpc) is 2.35. The van der Waals surface area contributed by atoms with Gasteiger partial charge in [0, 0.05) is 33.2 Å². The maximum absolute atomic E-state index is 5.72. The van der Waals surface area contributed by atoms with Gasteiger partial charge in [-0.1, -0.05) is 27.7 Å². The van der Waals surface area contributed by atoms with Crippen LogP contribution in [0.3, 0.4) is 0 Å². The third-order valence-electron chi connectivity index (χ3n) is 3.75. The molecule has 0 heterocycles. The van der Waals surface area contributed by atoms with Crippen LogP contribution in [0.15, 0.2) is 0 Å². The molecular weight excluding hydrogens is 228 g/mol. The first-order chi connectivity index (χ1) is 8.51. The molecule has 0 fully saturated rings. The Kier molecular flexibility index (Phi) is 9.70. The molecule has 0 aliphatic heterocycles. The minimum atomic E-state index is 0.193. The highest BCUT2D eigenvalue weighted by Crippen LogP contribution is 2.27. The van der Waals surface area contributed by atoms with E-state index in [0.717, 1.165) is 19.4 Å². The third-order valence-corrected chi connectivity index (χ3v) is 3.75. The maximum Gasteiger partial charge on any atom is 0.0671 e. The van der Waals surface area contributed by atoms with E-state index in [2.05, 4.69) is 27.7 Å². The van der Waals surface area contributed by atoms with Gasteiger partial charge >= 0.3 is 0 Å². The lowest BCUT2D eigenvalue weighted by molar-refractivity contribution is -0.0714. The highest BCUT2D eigenvalue weighted by atomic mass is 16.5. The minimum Gasteiger partial charge on any atom is -0.384 e. The molecule has 0 aromatic rings. The third kappa shape index (κ3) is 5.68. The summed E-state index contributed by atoms with van der Waals surface area (Å²) in [7, 11) is 5.34. The number of methoxy groups -OCH3 is 3. The van der Waals surface area contributed by atoms with Crippen LogP contribution >= 0.6 is 0 Å². The van der Waals surface area contributed by atoms with Crippen molar-refractivity contribution >= 4 is 0 Å². The molecule has 0 aromatic carbocycles. The SMILES string of the molecule is CCC(COC)C(OC)C(C)C(CC(C)C)OC. The van der Waals surface area contributed by atoms with Crippen molar-refractivity contribution in [3.05, 3.63) is 0 Å². The van der Waals surface area contributed by atoms with Crippen LogP contribution in [0.25, 0.3) is 0 Å². The summed E-state index contributed by atoms with van der Waals surface area (Å²) in [5.41, 5.74) is 0. The minimum absolute atomic E-state index is 0.193. The average molecular weight is 260 g/mol. The van der Waals surface area contributed by atoms with E-state index >= 15 is 0 Å². The van der Waals surface area contributed by atoms with E-state index in [-0.39, 0.29) is 12.2 Å². The maximum atomic E-state index is 5.72. The quantitative estimate of drug-likeness (QED) is 0.603. The molecule has 18 heavy (non-hydrogen) atoms. The normalized spacial score (nSPS) is 18.7. The van der Waals surface area contributed by atoms with Gasteiger partial charge in [-0.25, -0.2) is 0 Å². The van der Waals surface area contributed by atoms with Crippen molar-refractivity contribution in [2.24, 2.45) is 17.8 Å². The van der Waals surface area contributed by atoms with Crippen molar-refractivity contribution in [2.45, 2.75) is 52.7 Å². The Labute approximate surface area is 113 Å². The van der Waals surface area contributed by atoms with Gasteiger partial charge in [0.1, 0.15) is 0 Å². The van der Waals surface area contributed by atoms with Crippen molar-refractivity contribution in [1.29, 1.82) is 0 Å². The van der Waals surface area contributed by atoms with Crippen molar-refractivity contribution in [3.63, 3.8) is 0 Å². The molecule has 0 radical (unpaired) electrons. The molecule has 0 amide bonds. The fourth-order valence-electron chi connectivity index (χ4n) is 2.70. The van der Waals surface area contributed by atoms with Crippen molar-refractivity contribution in [2.75, 3.05) is 27.9 Å². The molecule has 4 unspecified atom stereocenters. The second-order valence-electron chi connectivity index (χ2n) is 5.59. The number of rotatable bonds is 10. The first-order valence-electron chi connectivity index (χ1n) is 7.06. The van der Waals surface area contributed by atoms with Crippen LogP contribution in [-0.2, 0) is 14.2 Å². The first-order valence-corrected chi connectivity index (χ1v) is 7.06. The van der Waals surface area contributed by atoms with E-state index in [1.807, 2.05) is 0 Å². The molecule has 0 aliphatic carbocycles.